The van der Waals surface area contributed by atoms with Gasteiger partial charge >= 0.3 is 0 Å². The minimum Gasteiger partial charge on any atom is -0.310 e. The highest BCUT2D eigenvalue weighted by Crippen LogP contribution is 2.26. The third kappa shape index (κ3) is 2.99. The maximum atomic E-state index is 6.26. The fraction of sp³-hybridized carbons (Fsp3) is 0.400. The maximum Gasteiger partial charge on any atom is 0.0568 e. The number of halogens is 1. The first-order valence-electron chi connectivity index (χ1n) is 6.81. The molecule has 0 bridgehead atoms. The molecule has 1 fully saturated rings. The second-order valence-corrected chi connectivity index (χ2v) is 5.45. The van der Waals surface area contributed by atoms with Crippen LogP contribution >= 0.6 is 11.6 Å². The van der Waals surface area contributed by atoms with Gasteiger partial charge in [0.25, 0.3) is 0 Å². The van der Waals surface area contributed by atoms with Crippen molar-refractivity contribution >= 4 is 11.6 Å². The van der Waals surface area contributed by atoms with E-state index in [9.17, 15) is 0 Å². The average Bonchev–Trinajstić information content (AvgIpc) is 3.13. The van der Waals surface area contributed by atoms with Crippen LogP contribution in [0.2, 0.25) is 5.02 Å². The summed E-state index contributed by atoms with van der Waals surface area (Å²) >= 11 is 6.26. The van der Waals surface area contributed by atoms with E-state index >= 15 is 0 Å². The van der Waals surface area contributed by atoms with E-state index in [-0.39, 0.29) is 0 Å². The van der Waals surface area contributed by atoms with Crippen molar-refractivity contribution in [2.24, 2.45) is 0 Å². The number of aromatic nitrogens is 2. The van der Waals surface area contributed by atoms with Crippen molar-refractivity contribution in [2.75, 3.05) is 0 Å². The van der Waals surface area contributed by atoms with E-state index in [4.69, 9.17) is 11.6 Å². The molecule has 0 atom stereocenters. The van der Waals surface area contributed by atoms with Crippen LogP contribution in [0.25, 0.3) is 11.1 Å². The molecule has 1 aromatic carbocycles. The molecule has 0 aliphatic heterocycles. The number of hydrogen-bond acceptors (Lipinski definition) is 2. The van der Waals surface area contributed by atoms with E-state index in [2.05, 4.69) is 35.7 Å². The Morgan fingerprint density at radius 1 is 1.37 bits per heavy atom. The Labute approximate surface area is 118 Å². The molecular formula is C15H18ClN3. The Hall–Kier alpha value is -1.32. The lowest BCUT2D eigenvalue weighted by atomic mass is 10.1. The Kier molecular flexibility index (Phi) is 3.58. The van der Waals surface area contributed by atoms with Crippen LogP contribution in [0.15, 0.2) is 30.6 Å². The molecule has 0 spiro atoms. The molecule has 1 saturated carbocycles. The molecule has 19 heavy (non-hydrogen) atoms. The van der Waals surface area contributed by atoms with Gasteiger partial charge in [0.05, 0.1) is 6.20 Å². The zero-order chi connectivity index (χ0) is 13.2. The Morgan fingerprint density at radius 3 is 2.89 bits per heavy atom. The van der Waals surface area contributed by atoms with Gasteiger partial charge in [0.2, 0.25) is 0 Å². The van der Waals surface area contributed by atoms with E-state index in [0.717, 1.165) is 29.2 Å². The summed E-state index contributed by atoms with van der Waals surface area (Å²) in [4.78, 5) is 0. The molecule has 3 rings (SSSR count). The highest BCUT2D eigenvalue weighted by molar-refractivity contribution is 6.31. The van der Waals surface area contributed by atoms with Gasteiger partial charge in [0, 0.05) is 35.9 Å². The normalized spacial score (nSPS) is 14.8. The van der Waals surface area contributed by atoms with Gasteiger partial charge in [-0.05, 0) is 43.0 Å². The van der Waals surface area contributed by atoms with E-state index in [1.54, 1.807) is 0 Å². The van der Waals surface area contributed by atoms with E-state index in [1.807, 2.05) is 16.9 Å². The van der Waals surface area contributed by atoms with Gasteiger partial charge in [-0.25, -0.2) is 0 Å². The molecule has 1 aliphatic carbocycles. The third-order valence-corrected chi connectivity index (χ3v) is 3.86. The van der Waals surface area contributed by atoms with Crippen molar-refractivity contribution in [3.63, 3.8) is 0 Å². The standard InChI is InChI=1S/C15H18ClN3/c1-2-19-10-13(9-18-19)11-3-6-15(16)12(7-11)8-17-14-4-5-14/h3,6-7,9-10,14,17H,2,4-5,8H2,1H3. The van der Waals surface area contributed by atoms with Crippen molar-refractivity contribution in [2.45, 2.75) is 38.9 Å². The Bertz CT molecular complexity index is 573. The summed E-state index contributed by atoms with van der Waals surface area (Å²) in [6, 6.07) is 6.89. The number of nitrogens with one attached hydrogen (secondary N) is 1. The number of aryl methyl sites for hydroxylation is 1. The van der Waals surface area contributed by atoms with Gasteiger partial charge in [-0.3, -0.25) is 4.68 Å². The second-order valence-electron chi connectivity index (χ2n) is 5.05. The topological polar surface area (TPSA) is 29.9 Å². The zero-order valence-corrected chi connectivity index (χ0v) is 11.8. The van der Waals surface area contributed by atoms with Gasteiger partial charge in [-0.1, -0.05) is 17.7 Å². The summed E-state index contributed by atoms with van der Waals surface area (Å²) in [5.41, 5.74) is 3.48. The van der Waals surface area contributed by atoms with Crippen molar-refractivity contribution in [1.82, 2.24) is 15.1 Å². The van der Waals surface area contributed by atoms with Gasteiger partial charge in [0.1, 0.15) is 0 Å². The van der Waals surface area contributed by atoms with Crippen LogP contribution in [0, 0.1) is 0 Å². The van der Waals surface area contributed by atoms with Crippen LogP contribution in [0.4, 0.5) is 0 Å². The van der Waals surface area contributed by atoms with Crippen molar-refractivity contribution < 1.29 is 0 Å². The van der Waals surface area contributed by atoms with Gasteiger partial charge in [-0.15, -0.1) is 0 Å². The first-order valence-corrected chi connectivity index (χ1v) is 7.18. The summed E-state index contributed by atoms with van der Waals surface area (Å²) in [7, 11) is 0. The zero-order valence-electron chi connectivity index (χ0n) is 11.1. The van der Waals surface area contributed by atoms with Crippen molar-refractivity contribution in [3.8, 4) is 11.1 Å². The molecule has 0 amide bonds. The number of benzene rings is 1. The highest BCUT2D eigenvalue weighted by atomic mass is 35.5. The maximum absolute atomic E-state index is 6.26. The quantitative estimate of drug-likeness (QED) is 0.905. The van der Waals surface area contributed by atoms with Crippen LogP contribution in [-0.2, 0) is 13.1 Å². The molecule has 0 unspecified atom stereocenters. The van der Waals surface area contributed by atoms with Crippen LogP contribution in [0.5, 0.6) is 0 Å². The highest BCUT2D eigenvalue weighted by Gasteiger charge is 2.20. The van der Waals surface area contributed by atoms with Crippen LogP contribution in [0.1, 0.15) is 25.3 Å². The predicted molar refractivity (Wildman–Crippen MR) is 78.2 cm³/mol. The van der Waals surface area contributed by atoms with Crippen LogP contribution in [-0.4, -0.2) is 15.8 Å². The first kappa shape index (κ1) is 12.7. The van der Waals surface area contributed by atoms with E-state index < -0.39 is 0 Å². The molecule has 0 saturated heterocycles. The SMILES string of the molecule is CCn1cc(-c2ccc(Cl)c(CNC3CC3)c2)cn1. The monoisotopic (exact) mass is 275 g/mol. The van der Waals surface area contributed by atoms with Gasteiger partial charge < -0.3 is 5.32 Å². The average molecular weight is 276 g/mol. The van der Waals surface area contributed by atoms with Crippen LogP contribution < -0.4 is 5.32 Å². The summed E-state index contributed by atoms with van der Waals surface area (Å²) < 4.78 is 1.94. The molecule has 4 heteroatoms. The predicted octanol–water partition coefficient (Wildman–Crippen LogP) is 3.48. The molecule has 3 nitrogen and oxygen atoms in total. The second kappa shape index (κ2) is 5.35. The van der Waals surface area contributed by atoms with Crippen molar-refractivity contribution in [1.29, 1.82) is 0 Å². The van der Waals surface area contributed by atoms with E-state index in [0.29, 0.717) is 6.04 Å². The molecule has 0 radical (unpaired) electrons. The largest absolute Gasteiger partial charge is 0.310 e. The van der Waals surface area contributed by atoms with Crippen LogP contribution in [0.3, 0.4) is 0 Å². The summed E-state index contributed by atoms with van der Waals surface area (Å²) in [6.45, 7) is 3.83. The van der Waals surface area contributed by atoms with Crippen molar-refractivity contribution in [3.05, 3.63) is 41.2 Å². The summed E-state index contributed by atoms with van der Waals surface area (Å²) in [5.74, 6) is 0. The summed E-state index contributed by atoms with van der Waals surface area (Å²) in [6.07, 6.45) is 6.56. The third-order valence-electron chi connectivity index (χ3n) is 3.49. The fourth-order valence-electron chi connectivity index (χ4n) is 2.12. The lowest BCUT2D eigenvalue weighted by Crippen LogP contribution is -2.15. The number of rotatable bonds is 5. The lowest BCUT2D eigenvalue weighted by Gasteiger charge is -2.07. The number of hydrogen-bond donors (Lipinski definition) is 1. The minimum atomic E-state index is 0.697. The number of nitrogens with zero attached hydrogens (tertiary/aromatic N) is 2. The molecule has 1 aromatic heterocycles. The molecule has 100 valence electrons. The molecular weight excluding hydrogens is 258 g/mol. The Balaban J connectivity index is 1.82. The minimum absolute atomic E-state index is 0.697. The van der Waals surface area contributed by atoms with Gasteiger partial charge in [-0.2, -0.15) is 5.10 Å². The lowest BCUT2D eigenvalue weighted by molar-refractivity contribution is 0.660. The van der Waals surface area contributed by atoms with E-state index in [1.165, 1.54) is 18.4 Å². The molecule has 1 N–H and O–H groups in total. The Morgan fingerprint density at radius 2 is 2.21 bits per heavy atom. The molecule has 1 aliphatic rings. The fourth-order valence-corrected chi connectivity index (χ4v) is 2.30. The molecule has 2 aromatic rings. The first-order chi connectivity index (χ1) is 9.26. The molecule has 1 heterocycles. The smallest absolute Gasteiger partial charge is 0.0568 e. The van der Waals surface area contributed by atoms with Gasteiger partial charge in [0.15, 0.2) is 0 Å². The summed E-state index contributed by atoms with van der Waals surface area (Å²) in [5, 5.41) is 8.65.